The maximum Gasteiger partial charge on any atom is 0.335 e. The summed E-state index contributed by atoms with van der Waals surface area (Å²) < 4.78 is 9.89. The minimum atomic E-state index is -0.518. The van der Waals surface area contributed by atoms with Crippen LogP contribution in [0.15, 0.2) is 36.9 Å². The van der Waals surface area contributed by atoms with E-state index >= 15 is 0 Å². The molecule has 88 valence electrons. The Hall–Kier alpha value is -1.94. The van der Waals surface area contributed by atoms with Crippen molar-refractivity contribution in [1.29, 1.82) is 0 Å². The lowest BCUT2D eigenvalue weighted by Crippen LogP contribution is -2.05. The second-order valence-electron chi connectivity index (χ2n) is 3.73. The van der Waals surface area contributed by atoms with Crippen LogP contribution in [0.1, 0.15) is 16.8 Å². The molecule has 1 fully saturated rings. The van der Waals surface area contributed by atoms with Crippen LogP contribution in [0.4, 0.5) is 0 Å². The first kappa shape index (κ1) is 11.5. The number of hydrogen-bond donors (Lipinski definition) is 0. The van der Waals surface area contributed by atoms with Gasteiger partial charge in [-0.05, 0) is 24.3 Å². The van der Waals surface area contributed by atoms with Crippen molar-refractivity contribution in [3.8, 4) is 5.75 Å². The fourth-order valence-electron chi connectivity index (χ4n) is 1.38. The summed E-state index contributed by atoms with van der Waals surface area (Å²) in [5, 5.41) is 0. The molecule has 0 N–H and O–H groups in total. The first-order chi connectivity index (χ1) is 8.19. The molecule has 1 aliphatic heterocycles. The van der Waals surface area contributed by atoms with Crippen molar-refractivity contribution in [1.82, 2.24) is 0 Å². The van der Waals surface area contributed by atoms with Gasteiger partial charge in [-0.25, -0.2) is 4.79 Å². The fraction of sp³-hybridized carbons (Fsp3) is 0.231. The van der Waals surface area contributed by atoms with Crippen molar-refractivity contribution in [3.05, 3.63) is 42.5 Å². The van der Waals surface area contributed by atoms with Crippen LogP contribution < -0.4 is 4.74 Å². The van der Waals surface area contributed by atoms with E-state index in [2.05, 4.69) is 6.58 Å². The van der Waals surface area contributed by atoms with Crippen molar-refractivity contribution in [3.63, 3.8) is 0 Å². The average Bonchev–Trinajstić information content (AvgIpc) is 3.13. The molecule has 1 saturated heterocycles. The van der Waals surface area contributed by atoms with Crippen molar-refractivity contribution in [2.75, 3.05) is 6.61 Å². The predicted molar refractivity (Wildman–Crippen MR) is 61.0 cm³/mol. The molecule has 0 amide bonds. The first-order valence-electron chi connectivity index (χ1n) is 5.28. The third-order valence-corrected chi connectivity index (χ3v) is 2.38. The maximum atomic E-state index is 11.7. The van der Waals surface area contributed by atoms with Gasteiger partial charge in [0.2, 0.25) is 0 Å². The average molecular weight is 232 g/mol. The highest BCUT2D eigenvalue weighted by Gasteiger charge is 2.26. The smallest absolute Gasteiger partial charge is 0.335 e. The molecule has 4 heteroatoms. The lowest BCUT2D eigenvalue weighted by molar-refractivity contribution is -0.128. The number of carbonyl (C=O) groups excluding carboxylic acids is 2. The van der Waals surface area contributed by atoms with Gasteiger partial charge in [-0.1, -0.05) is 6.58 Å². The van der Waals surface area contributed by atoms with E-state index in [0.717, 1.165) is 6.08 Å². The molecule has 0 spiro atoms. The van der Waals surface area contributed by atoms with Crippen LogP contribution in [0.5, 0.6) is 5.75 Å². The molecule has 1 aliphatic rings. The molecule has 1 heterocycles. The summed E-state index contributed by atoms with van der Waals surface area (Å²) in [6, 6.07) is 6.44. The van der Waals surface area contributed by atoms with Gasteiger partial charge in [0.05, 0.1) is 12.7 Å². The number of benzene rings is 1. The van der Waals surface area contributed by atoms with E-state index in [9.17, 15) is 9.59 Å². The number of carbonyl (C=O) groups is 2. The summed E-state index contributed by atoms with van der Waals surface area (Å²) in [6.07, 6.45) is 1.58. The molecule has 0 radical (unpaired) electrons. The van der Waals surface area contributed by atoms with Gasteiger partial charge in [0.1, 0.15) is 5.75 Å². The molecule has 4 nitrogen and oxygen atoms in total. The highest BCUT2D eigenvalue weighted by atomic mass is 16.6. The van der Waals surface area contributed by atoms with E-state index in [0.29, 0.717) is 24.3 Å². The Bertz CT molecular complexity index is 443. The fourth-order valence-corrected chi connectivity index (χ4v) is 1.38. The molecule has 0 aliphatic carbocycles. The first-order valence-corrected chi connectivity index (χ1v) is 5.28. The quantitative estimate of drug-likeness (QED) is 0.255. The van der Waals surface area contributed by atoms with Crippen LogP contribution in [0.25, 0.3) is 0 Å². The lowest BCUT2D eigenvalue weighted by Gasteiger charge is -2.02. The summed E-state index contributed by atoms with van der Waals surface area (Å²) in [4.78, 5) is 22.6. The molecule has 1 aromatic carbocycles. The van der Waals surface area contributed by atoms with E-state index in [4.69, 9.17) is 9.47 Å². The normalized spacial score (nSPS) is 17.3. The van der Waals surface area contributed by atoms with Crippen molar-refractivity contribution in [2.45, 2.75) is 12.5 Å². The second kappa shape index (κ2) is 4.93. The molecule has 0 aromatic heterocycles. The molecule has 0 bridgehead atoms. The number of ether oxygens (including phenoxy) is 2. The van der Waals surface area contributed by atoms with Crippen LogP contribution in [0.2, 0.25) is 0 Å². The van der Waals surface area contributed by atoms with Gasteiger partial charge in [-0.15, -0.1) is 0 Å². The Morgan fingerprint density at radius 3 is 2.59 bits per heavy atom. The minimum Gasteiger partial charge on any atom is -0.423 e. The molecule has 1 atom stereocenters. The summed E-state index contributed by atoms with van der Waals surface area (Å²) in [7, 11) is 0. The number of hydrogen-bond acceptors (Lipinski definition) is 4. The zero-order valence-corrected chi connectivity index (χ0v) is 9.22. The van der Waals surface area contributed by atoms with Gasteiger partial charge in [-0.3, -0.25) is 4.79 Å². The van der Waals surface area contributed by atoms with Crippen molar-refractivity contribution in [2.24, 2.45) is 0 Å². The third-order valence-electron chi connectivity index (χ3n) is 2.38. The van der Waals surface area contributed by atoms with Crippen LogP contribution in [-0.2, 0) is 9.53 Å². The molecular formula is C13H12O4. The summed E-state index contributed by atoms with van der Waals surface area (Å²) >= 11 is 0. The van der Waals surface area contributed by atoms with Crippen LogP contribution in [-0.4, -0.2) is 24.5 Å². The lowest BCUT2D eigenvalue weighted by atomic mass is 10.1. The number of epoxide rings is 1. The van der Waals surface area contributed by atoms with Crippen LogP contribution in [0.3, 0.4) is 0 Å². The van der Waals surface area contributed by atoms with Gasteiger partial charge in [-0.2, -0.15) is 0 Å². The van der Waals surface area contributed by atoms with E-state index in [-0.39, 0.29) is 11.9 Å². The Labute approximate surface area is 98.8 Å². The number of rotatable bonds is 5. The van der Waals surface area contributed by atoms with Gasteiger partial charge in [0, 0.05) is 18.1 Å². The maximum absolute atomic E-state index is 11.7. The SMILES string of the molecule is C=CC(=O)Oc1ccc(C(=O)CC2CO2)cc1. The highest BCUT2D eigenvalue weighted by molar-refractivity contribution is 5.96. The molecule has 0 saturated carbocycles. The van der Waals surface area contributed by atoms with E-state index < -0.39 is 5.97 Å². The Balaban J connectivity index is 1.98. The largest absolute Gasteiger partial charge is 0.423 e. The number of esters is 1. The number of ketones is 1. The summed E-state index contributed by atoms with van der Waals surface area (Å²) in [6.45, 7) is 3.97. The third kappa shape index (κ3) is 3.26. The molecule has 1 aromatic rings. The standard InChI is InChI=1S/C13H12O4/c1-2-13(15)17-10-5-3-9(4-6-10)12(14)7-11-8-16-11/h2-6,11H,1,7-8H2. The van der Waals surface area contributed by atoms with Gasteiger partial charge in [0.25, 0.3) is 0 Å². The van der Waals surface area contributed by atoms with Gasteiger partial charge in [0.15, 0.2) is 5.78 Å². The Morgan fingerprint density at radius 2 is 2.06 bits per heavy atom. The predicted octanol–water partition coefficient (Wildman–Crippen LogP) is 1.75. The summed E-state index contributed by atoms with van der Waals surface area (Å²) in [5.41, 5.74) is 0.596. The van der Waals surface area contributed by atoms with Crippen LogP contribution in [0, 0.1) is 0 Å². The molecule has 2 rings (SSSR count). The number of Topliss-reactive ketones (excluding diaryl/α,β-unsaturated/α-hetero) is 1. The van der Waals surface area contributed by atoms with Crippen LogP contribution >= 0.6 is 0 Å². The second-order valence-corrected chi connectivity index (χ2v) is 3.73. The Kier molecular flexibility index (Phi) is 3.35. The minimum absolute atomic E-state index is 0.0362. The van der Waals surface area contributed by atoms with Crippen molar-refractivity contribution < 1.29 is 19.1 Å². The zero-order chi connectivity index (χ0) is 12.3. The monoisotopic (exact) mass is 232 g/mol. The molecule has 1 unspecified atom stereocenters. The topological polar surface area (TPSA) is 55.9 Å². The summed E-state index contributed by atoms with van der Waals surface area (Å²) in [5.74, 6) is -0.0846. The molecular weight excluding hydrogens is 220 g/mol. The van der Waals surface area contributed by atoms with E-state index in [1.807, 2.05) is 0 Å². The Morgan fingerprint density at radius 1 is 1.41 bits per heavy atom. The zero-order valence-electron chi connectivity index (χ0n) is 9.22. The van der Waals surface area contributed by atoms with E-state index in [1.54, 1.807) is 24.3 Å². The van der Waals surface area contributed by atoms with Gasteiger partial charge >= 0.3 is 5.97 Å². The highest BCUT2D eigenvalue weighted by Crippen LogP contribution is 2.19. The van der Waals surface area contributed by atoms with Gasteiger partial charge < -0.3 is 9.47 Å². The van der Waals surface area contributed by atoms with E-state index in [1.165, 1.54) is 0 Å². The van der Waals surface area contributed by atoms with Crippen molar-refractivity contribution >= 4 is 11.8 Å². The molecule has 17 heavy (non-hydrogen) atoms.